The molecule has 1 heterocycles. The number of methoxy groups -OCH3 is 2. The molecule has 0 bridgehead atoms. The highest BCUT2D eigenvalue weighted by Gasteiger charge is 2.26. The van der Waals surface area contributed by atoms with Crippen LogP contribution in [0, 0.1) is 12.8 Å². The van der Waals surface area contributed by atoms with Gasteiger partial charge in [-0.2, -0.15) is 0 Å². The van der Waals surface area contributed by atoms with Crippen LogP contribution in [0.5, 0.6) is 11.5 Å². The first-order chi connectivity index (χ1) is 16.7. The number of aryl methyl sites for hydroxylation is 2. The number of imidazole rings is 1. The fourth-order valence-corrected chi connectivity index (χ4v) is 3.76. The molecular formula is C25H31N5O5. The smallest absolute Gasteiger partial charge is 0.269 e. The molecule has 186 valence electrons. The first-order valence-corrected chi connectivity index (χ1v) is 11.3. The Morgan fingerprint density at radius 1 is 0.943 bits per heavy atom. The SMILES string of the molecule is CCn1c(C)nc2cc(C(=O)NNC(=O)[C@H](NC(=O)c3cc(OC)cc(OC)c3)C(C)C)ccc21. The van der Waals surface area contributed by atoms with Gasteiger partial charge in [0.1, 0.15) is 23.4 Å². The van der Waals surface area contributed by atoms with E-state index in [0.29, 0.717) is 22.6 Å². The summed E-state index contributed by atoms with van der Waals surface area (Å²) in [5.41, 5.74) is 7.09. The van der Waals surface area contributed by atoms with E-state index in [0.717, 1.165) is 17.9 Å². The molecule has 1 aromatic heterocycles. The number of amides is 3. The maximum Gasteiger partial charge on any atom is 0.269 e. The number of hydrazine groups is 1. The van der Waals surface area contributed by atoms with Gasteiger partial charge in [-0.15, -0.1) is 0 Å². The minimum Gasteiger partial charge on any atom is -0.497 e. The van der Waals surface area contributed by atoms with Crippen molar-refractivity contribution in [3.8, 4) is 11.5 Å². The Morgan fingerprint density at radius 2 is 1.60 bits per heavy atom. The highest BCUT2D eigenvalue weighted by atomic mass is 16.5. The maximum absolute atomic E-state index is 12.8. The first kappa shape index (κ1) is 25.5. The summed E-state index contributed by atoms with van der Waals surface area (Å²) >= 11 is 0. The summed E-state index contributed by atoms with van der Waals surface area (Å²) in [6.07, 6.45) is 0. The van der Waals surface area contributed by atoms with Crippen molar-refractivity contribution >= 4 is 28.8 Å². The third kappa shape index (κ3) is 5.71. The fraction of sp³-hybridized carbons (Fsp3) is 0.360. The van der Waals surface area contributed by atoms with Crippen LogP contribution >= 0.6 is 0 Å². The average molecular weight is 482 g/mol. The summed E-state index contributed by atoms with van der Waals surface area (Å²) in [7, 11) is 2.97. The van der Waals surface area contributed by atoms with Crippen molar-refractivity contribution in [2.24, 2.45) is 5.92 Å². The van der Waals surface area contributed by atoms with Crippen LogP contribution in [0.1, 0.15) is 47.3 Å². The number of fused-ring (bicyclic) bond motifs is 1. The Bertz CT molecular complexity index is 1230. The molecule has 0 aliphatic heterocycles. The molecule has 10 nitrogen and oxygen atoms in total. The van der Waals surface area contributed by atoms with Gasteiger partial charge in [0.05, 0.1) is 25.3 Å². The van der Waals surface area contributed by atoms with Crippen molar-refractivity contribution in [2.75, 3.05) is 14.2 Å². The van der Waals surface area contributed by atoms with Crippen LogP contribution < -0.4 is 25.6 Å². The predicted molar refractivity (Wildman–Crippen MR) is 131 cm³/mol. The van der Waals surface area contributed by atoms with Gasteiger partial charge >= 0.3 is 0 Å². The van der Waals surface area contributed by atoms with E-state index in [-0.39, 0.29) is 11.5 Å². The molecule has 0 saturated carbocycles. The molecule has 0 aliphatic rings. The van der Waals surface area contributed by atoms with Crippen molar-refractivity contribution in [1.29, 1.82) is 0 Å². The minimum atomic E-state index is -0.898. The van der Waals surface area contributed by atoms with Crippen molar-refractivity contribution in [1.82, 2.24) is 25.7 Å². The van der Waals surface area contributed by atoms with Crippen molar-refractivity contribution in [3.63, 3.8) is 0 Å². The molecule has 0 radical (unpaired) electrons. The molecule has 3 aromatic rings. The van der Waals surface area contributed by atoms with Crippen molar-refractivity contribution < 1.29 is 23.9 Å². The lowest BCUT2D eigenvalue weighted by Crippen LogP contribution is -2.54. The molecule has 0 aliphatic carbocycles. The molecule has 3 rings (SSSR count). The number of carbonyl (C=O) groups is 3. The number of nitrogens with one attached hydrogen (secondary N) is 3. The Labute approximate surface area is 204 Å². The predicted octanol–water partition coefficient (Wildman–Crippen LogP) is 2.60. The molecule has 35 heavy (non-hydrogen) atoms. The Morgan fingerprint density at radius 3 is 2.17 bits per heavy atom. The van der Waals surface area contributed by atoms with Gasteiger partial charge in [0.25, 0.3) is 17.7 Å². The molecule has 1 atom stereocenters. The van der Waals surface area contributed by atoms with Gasteiger partial charge in [0.2, 0.25) is 0 Å². The molecule has 10 heteroatoms. The van der Waals surface area contributed by atoms with Gasteiger partial charge < -0.3 is 19.4 Å². The summed E-state index contributed by atoms with van der Waals surface area (Å²) in [6, 6.07) is 9.02. The summed E-state index contributed by atoms with van der Waals surface area (Å²) in [5, 5.41) is 2.71. The van der Waals surface area contributed by atoms with Crippen LogP contribution in [-0.2, 0) is 11.3 Å². The van der Waals surface area contributed by atoms with E-state index in [1.54, 1.807) is 44.2 Å². The van der Waals surface area contributed by atoms with E-state index in [4.69, 9.17) is 9.47 Å². The number of hydrogen-bond donors (Lipinski definition) is 3. The number of carbonyl (C=O) groups excluding carboxylic acids is 3. The average Bonchev–Trinajstić information content (AvgIpc) is 3.18. The minimum absolute atomic E-state index is 0.249. The van der Waals surface area contributed by atoms with Crippen LogP contribution in [0.2, 0.25) is 0 Å². The van der Waals surface area contributed by atoms with Gasteiger partial charge in [-0.05, 0) is 50.1 Å². The highest BCUT2D eigenvalue weighted by Crippen LogP contribution is 2.23. The van der Waals surface area contributed by atoms with E-state index >= 15 is 0 Å². The number of nitrogens with zero attached hydrogens (tertiary/aromatic N) is 2. The summed E-state index contributed by atoms with van der Waals surface area (Å²) in [5.74, 6) is -0.0153. The molecule has 0 spiro atoms. The molecule has 0 unspecified atom stereocenters. The number of hydrogen-bond acceptors (Lipinski definition) is 6. The lowest BCUT2D eigenvalue weighted by atomic mass is 10.0. The standard InChI is InChI=1S/C25H31N5O5/c1-7-30-15(4)26-20-12-16(8-9-21(20)30)24(32)28-29-25(33)22(14(2)3)27-23(31)17-10-18(34-5)13-19(11-17)35-6/h8-14,22H,7H2,1-6H3,(H,27,31)(H,28,32)(H,29,33)/t22-/m1/s1. The van der Waals surface area contributed by atoms with Crippen LogP contribution in [-0.4, -0.2) is 47.5 Å². The van der Waals surface area contributed by atoms with Gasteiger partial charge in [0.15, 0.2) is 0 Å². The van der Waals surface area contributed by atoms with E-state index in [1.165, 1.54) is 14.2 Å². The zero-order chi connectivity index (χ0) is 25.7. The Balaban J connectivity index is 1.68. The third-order valence-electron chi connectivity index (χ3n) is 5.67. The molecule has 0 fully saturated rings. The molecule has 2 aromatic carbocycles. The van der Waals surface area contributed by atoms with Gasteiger partial charge in [-0.25, -0.2) is 4.98 Å². The molecule has 3 N–H and O–H groups in total. The molecule has 3 amide bonds. The van der Waals surface area contributed by atoms with Gasteiger partial charge in [0, 0.05) is 23.7 Å². The summed E-state index contributed by atoms with van der Waals surface area (Å²) in [6.45, 7) is 8.29. The zero-order valence-corrected chi connectivity index (χ0v) is 20.8. The lowest BCUT2D eigenvalue weighted by molar-refractivity contribution is -0.124. The van der Waals surface area contributed by atoms with Gasteiger partial charge in [-0.1, -0.05) is 13.8 Å². The van der Waals surface area contributed by atoms with E-state index < -0.39 is 23.8 Å². The Kier molecular flexibility index (Phi) is 7.95. The Hall–Kier alpha value is -4.08. The maximum atomic E-state index is 12.8. The topological polar surface area (TPSA) is 124 Å². The van der Waals surface area contributed by atoms with Crippen LogP contribution in [0.4, 0.5) is 0 Å². The second-order valence-corrected chi connectivity index (χ2v) is 8.35. The number of rotatable bonds is 8. The quantitative estimate of drug-likeness (QED) is 0.425. The van der Waals surface area contributed by atoms with Crippen LogP contribution in [0.25, 0.3) is 11.0 Å². The molecule has 0 saturated heterocycles. The lowest BCUT2D eigenvalue weighted by Gasteiger charge is -2.22. The van der Waals surface area contributed by atoms with Crippen LogP contribution in [0.15, 0.2) is 36.4 Å². The van der Waals surface area contributed by atoms with E-state index in [1.807, 2.05) is 24.5 Å². The monoisotopic (exact) mass is 481 g/mol. The normalized spacial score (nSPS) is 11.7. The fourth-order valence-electron chi connectivity index (χ4n) is 3.76. The number of aromatic nitrogens is 2. The number of benzene rings is 2. The van der Waals surface area contributed by atoms with Gasteiger partial charge in [-0.3, -0.25) is 25.2 Å². The largest absolute Gasteiger partial charge is 0.497 e. The molecular weight excluding hydrogens is 450 g/mol. The summed E-state index contributed by atoms with van der Waals surface area (Å²) in [4.78, 5) is 42.8. The van der Waals surface area contributed by atoms with Crippen molar-refractivity contribution in [3.05, 3.63) is 53.3 Å². The summed E-state index contributed by atoms with van der Waals surface area (Å²) < 4.78 is 12.5. The second kappa shape index (κ2) is 10.9. The zero-order valence-electron chi connectivity index (χ0n) is 20.8. The van der Waals surface area contributed by atoms with Crippen LogP contribution in [0.3, 0.4) is 0 Å². The first-order valence-electron chi connectivity index (χ1n) is 11.3. The number of ether oxygens (including phenoxy) is 2. The third-order valence-corrected chi connectivity index (χ3v) is 5.67. The highest BCUT2D eigenvalue weighted by molar-refractivity contribution is 6.00. The second-order valence-electron chi connectivity index (χ2n) is 8.35. The van der Waals surface area contributed by atoms with E-state index in [2.05, 4.69) is 21.2 Å². The van der Waals surface area contributed by atoms with E-state index in [9.17, 15) is 14.4 Å². The van der Waals surface area contributed by atoms with Crippen molar-refractivity contribution in [2.45, 2.75) is 40.3 Å².